The molecule has 1 saturated heterocycles. The van der Waals surface area contributed by atoms with Crippen LogP contribution in [0.3, 0.4) is 0 Å². The fourth-order valence-electron chi connectivity index (χ4n) is 3.49. The van der Waals surface area contributed by atoms with E-state index in [4.69, 9.17) is 9.15 Å². The van der Waals surface area contributed by atoms with Crippen LogP contribution in [0.25, 0.3) is 11.0 Å². The zero-order chi connectivity index (χ0) is 17.9. The number of morpholine rings is 1. The average molecular weight is 354 g/mol. The predicted octanol–water partition coefficient (Wildman–Crippen LogP) is 3.20. The Labute approximate surface area is 151 Å². The number of nitrogens with one attached hydrogen (secondary N) is 1. The summed E-state index contributed by atoms with van der Waals surface area (Å²) in [6.07, 6.45) is 6.61. The van der Waals surface area contributed by atoms with Gasteiger partial charge in [-0.25, -0.2) is 0 Å². The number of amides is 2. The summed E-state index contributed by atoms with van der Waals surface area (Å²) >= 11 is 0. The van der Waals surface area contributed by atoms with Gasteiger partial charge in [-0.2, -0.15) is 0 Å². The Morgan fingerprint density at radius 1 is 1.12 bits per heavy atom. The zero-order valence-corrected chi connectivity index (χ0v) is 14.6. The van der Waals surface area contributed by atoms with E-state index in [1.807, 2.05) is 30.3 Å². The van der Waals surface area contributed by atoms with Crippen molar-refractivity contribution < 1.29 is 18.7 Å². The molecule has 2 aromatic rings. The molecule has 0 saturated carbocycles. The SMILES string of the molecule is O=C(Nc1c(C(=O)N2CCOCC2)oc2ccccc12)C1CC=CCC1. The normalized spacial score (nSPS) is 20.3. The largest absolute Gasteiger partial charge is 0.449 e. The third-order valence-electron chi connectivity index (χ3n) is 4.98. The van der Waals surface area contributed by atoms with Crippen molar-refractivity contribution in [2.45, 2.75) is 19.3 Å². The number of para-hydroxylation sites is 1. The first-order valence-electron chi connectivity index (χ1n) is 9.08. The summed E-state index contributed by atoms with van der Waals surface area (Å²) in [5, 5.41) is 3.73. The van der Waals surface area contributed by atoms with Gasteiger partial charge < -0.3 is 19.4 Å². The van der Waals surface area contributed by atoms with Crippen molar-refractivity contribution in [2.24, 2.45) is 5.92 Å². The molecule has 26 heavy (non-hydrogen) atoms. The van der Waals surface area contributed by atoms with Crippen LogP contribution in [-0.2, 0) is 9.53 Å². The molecule has 0 bridgehead atoms. The van der Waals surface area contributed by atoms with Crippen LogP contribution in [0.2, 0.25) is 0 Å². The number of nitrogens with zero attached hydrogens (tertiary/aromatic N) is 1. The number of ether oxygens (including phenoxy) is 1. The van der Waals surface area contributed by atoms with Gasteiger partial charge in [-0.05, 0) is 31.4 Å². The Morgan fingerprint density at radius 2 is 1.92 bits per heavy atom. The second-order valence-electron chi connectivity index (χ2n) is 6.68. The lowest BCUT2D eigenvalue weighted by Crippen LogP contribution is -2.40. The van der Waals surface area contributed by atoms with Gasteiger partial charge in [-0.3, -0.25) is 9.59 Å². The topological polar surface area (TPSA) is 71.8 Å². The molecular weight excluding hydrogens is 332 g/mol. The molecule has 1 unspecified atom stereocenters. The summed E-state index contributed by atoms with van der Waals surface area (Å²) in [5.41, 5.74) is 1.08. The molecule has 1 aromatic carbocycles. The van der Waals surface area contributed by atoms with Crippen LogP contribution in [0.5, 0.6) is 0 Å². The molecule has 1 atom stereocenters. The molecule has 2 aliphatic rings. The Hall–Kier alpha value is -2.60. The Morgan fingerprint density at radius 3 is 2.69 bits per heavy atom. The highest BCUT2D eigenvalue weighted by atomic mass is 16.5. The molecule has 1 aliphatic carbocycles. The van der Waals surface area contributed by atoms with Crippen molar-refractivity contribution >= 4 is 28.5 Å². The zero-order valence-electron chi connectivity index (χ0n) is 14.6. The molecule has 2 amide bonds. The minimum Gasteiger partial charge on any atom is -0.449 e. The summed E-state index contributed by atoms with van der Waals surface area (Å²) in [5.74, 6) is -0.131. The Kier molecular flexibility index (Phi) is 4.75. The number of fused-ring (bicyclic) bond motifs is 1. The fourth-order valence-corrected chi connectivity index (χ4v) is 3.49. The van der Waals surface area contributed by atoms with Gasteiger partial charge in [0, 0.05) is 24.4 Å². The van der Waals surface area contributed by atoms with Crippen LogP contribution in [0.15, 0.2) is 40.8 Å². The second kappa shape index (κ2) is 7.33. The van der Waals surface area contributed by atoms with Gasteiger partial charge in [-0.1, -0.05) is 24.3 Å². The van der Waals surface area contributed by atoms with Gasteiger partial charge in [0.15, 0.2) is 0 Å². The maximum Gasteiger partial charge on any atom is 0.291 e. The van der Waals surface area contributed by atoms with Crippen LogP contribution in [0.1, 0.15) is 29.8 Å². The van der Waals surface area contributed by atoms with Crippen molar-refractivity contribution in [3.8, 4) is 0 Å². The molecule has 4 rings (SSSR count). The first-order valence-corrected chi connectivity index (χ1v) is 9.08. The molecule has 1 N–H and O–H groups in total. The molecule has 2 heterocycles. The van der Waals surface area contributed by atoms with E-state index in [0.717, 1.165) is 24.6 Å². The lowest BCUT2D eigenvalue weighted by Gasteiger charge is -2.26. The number of rotatable bonds is 3. The van der Waals surface area contributed by atoms with Gasteiger partial charge in [0.2, 0.25) is 11.7 Å². The molecule has 1 fully saturated rings. The Balaban J connectivity index is 1.66. The van der Waals surface area contributed by atoms with E-state index >= 15 is 0 Å². The van der Waals surface area contributed by atoms with Crippen molar-refractivity contribution in [2.75, 3.05) is 31.6 Å². The molecule has 0 spiro atoms. The van der Waals surface area contributed by atoms with Crippen LogP contribution >= 0.6 is 0 Å². The van der Waals surface area contributed by atoms with E-state index < -0.39 is 0 Å². The van der Waals surface area contributed by atoms with Crippen molar-refractivity contribution in [3.63, 3.8) is 0 Å². The molecule has 1 aromatic heterocycles. The van der Waals surface area contributed by atoms with Crippen LogP contribution in [0, 0.1) is 5.92 Å². The van der Waals surface area contributed by atoms with Crippen molar-refractivity contribution in [1.29, 1.82) is 0 Å². The molecule has 136 valence electrons. The maximum atomic E-state index is 13.0. The van der Waals surface area contributed by atoms with Gasteiger partial charge in [-0.15, -0.1) is 0 Å². The highest BCUT2D eigenvalue weighted by Gasteiger charge is 2.29. The number of furan rings is 1. The first kappa shape index (κ1) is 16.8. The Bertz CT molecular complexity index is 849. The highest BCUT2D eigenvalue weighted by molar-refractivity contribution is 6.11. The fraction of sp³-hybridized carbons (Fsp3) is 0.400. The summed E-state index contributed by atoms with van der Waals surface area (Å²) < 4.78 is 11.2. The van der Waals surface area contributed by atoms with Crippen LogP contribution in [0.4, 0.5) is 5.69 Å². The molecule has 6 nitrogen and oxygen atoms in total. The second-order valence-corrected chi connectivity index (χ2v) is 6.68. The number of anilines is 1. The number of allylic oxidation sites excluding steroid dienone is 2. The first-order chi connectivity index (χ1) is 12.7. The minimum absolute atomic E-state index is 0.0584. The molecular formula is C20H22N2O4. The highest BCUT2D eigenvalue weighted by Crippen LogP contribution is 2.33. The van der Waals surface area contributed by atoms with E-state index in [2.05, 4.69) is 11.4 Å². The third-order valence-corrected chi connectivity index (χ3v) is 4.98. The molecule has 1 aliphatic heterocycles. The predicted molar refractivity (Wildman–Crippen MR) is 98.0 cm³/mol. The van der Waals surface area contributed by atoms with Gasteiger partial charge in [0.1, 0.15) is 11.3 Å². The lowest BCUT2D eigenvalue weighted by atomic mass is 9.93. The molecule has 0 radical (unpaired) electrons. The standard InChI is InChI=1S/C20H22N2O4/c23-19(14-6-2-1-3-7-14)21-17-15-8-4-5-9-16(15)26-18(17)20(24)22-10-12-25-13-11-22/h1-2,4-5,8-9,14H,3,6-7,10-13H2,(H,21,23). The third kappa shape index (κ3) is 3.24. The minimum atomic E-state index is -0.205. The van der Waals surface area contributed by atoms with Gasteiger partial charge in [0.05, 0.1) is 13.2 Å². The van der Waals surface area contributed by atoms with E-state index in [-0.39, 0.29) is 23.5 Å². The number of hydrogen-bond acceptors (Lipinski definition) is 4. The monoisotopic (exact) mass is 354 g/mol. The number of carbonyl (C=O) groups is 2. The van der Waals surface area contributed by atoms with Crippen LogP contribution < -0.4 is 5.32 Å². The maximum absolute atomic E-state index is 13.0. The van der Waals surface area contributed by atoms with Gasteiger partial charge in [0.25, 0.3) is 5.91 Å². The van der Waals surface area contributed by atoms with E-state index in [9.17, 15) is 9.59 Å². The lowest BCUT2D eigenvalue weighted by molar-refractivity contribution is -0.120. The molecule has 6 heteroatoms. The summed E-state index contributed by atoms with van der Waals surface area (Å²) in [4.78, 5) is 27.4. The number of benzene rings is 1. The number of hydrogen-bond donors (Lipinski definition) is 1. The van der Waals surface area contributed by atoms with Crippen molar-refractivity contribution in [3.05, 3.63) is 42.2 Å². The van der Waals surface area contributed by atoms with E-state index in [1.54, 1.807) is 4.90 Å². The number of carbonyl (C=O) groups excluding carboxylic acids is 2. The van der Waals surface area contributed by atoms with E-state index in [1.165, 1.54) is 0 Å². The van der Waals surface area contributed by atoms with Gasteiger partial charge >= 0.3 is 0 Å². The van der Waals surface area contributed by atoms with Crippen molar-refractivity contribution in [1.82, 2.24) is 4.90 Å². The van der Waals surface area contributed by atoms with Crippen LogP contribution in [-0.4, -0.2) is 43.0 Å². The van der Waals surface area contributed by atoms with E-state index in [0.29, 0.717) is 37.6 Å². The average Bonchev–Trinajstić information content (AvgIpc) is 3.07. The summed E-state index contributed by atoms with van der Waals surface area (Å²) in [6.45, 7) is 2.08. The quantitative estimate of drug-likeness (QED) is 0.859. The smallest absolute Gasteiger partial charge is 0.291 e. The summed E-state index contributed by atoms with van der Waals surface area (Å²) in [7, 11) is 0. The summed E-state index contributed by atoms with van der Waals surface area (Å²) in [6, 6.07) is 7.40.